The highest BCUT2D eigenvalue weighted by Gasteiger charge is 2.41. The zero-order valence-corrected chi connectivity index (χ0v) is 12.7. The maximum Gasteiger partial charge on any atom is 0.329 e. The molecule has 1 aromatic rings. The predicted octanol–water partition coefficient (Wildman–Crippen LogP) is 4.28. The van der Waals surface area contributed by atoms with Gasteiger partial charge in [-0.3, -0.25) is 0 Å². The van der Waals surface area contributed by atoms with E-state index < -0.39 is 11.5 Å². The van der Waals surface area contributed by atoms with Crippen LogP contribution in [0.4, 0.5) is 5.69 Å². The Morgan fingerprint density at radius 2 is 1.84 bits per heavy atom. The van der Waals surface area contributed by atoms with Crippen LogP contribution in [-0.2, 0) is 4.79 Å². The molecule has 1 aliphatic rings. The monoisotopic (exact) mass is 325 g/mol. The van der Waals surface area contributed by atoms with Gasteiger partial charge in [0.2, 0.25) is 0 Å². The number of hydrogen-bond acceptors (Lipinski definition) is 2. The molecule has 1 fully saturated rings. The maximum atomic E-state index is 11.7. The van der Waals surface area contributed by atoms with Gasteiger partial charge < -0.3 is 10.4 Å². The van der Waals surface area contributed by atoms with Crippen LogP contribution in [0.15, 0.2) is 28.7 Å². The van der Waals surface area contributed by atoms with Crippen molar-refractivity contribution in [3.63, 3.8) is 0 Å². The molecule has 19 heavy (non-hydrogen) atoms. The van der Waals surface area contributed by atoms with Gasteiger partial charge in [-0.05, 0) is 49.9 Å². The number of hydrogen-bond donors (Lipinski definition) is 2. The second-order valence-electron chi connectivity index (χ2n) is 5.47. The van der Waals surface area contributed by atoms with Crippen molar-refractivity contribution >= 4 is 27.6 Å². The zero-order chi connectivity index (χ0) is 13.9. The van der Waals surface area contributed by atoms with Crippen molar-refractivity contribution in [2.24, 2.45) is 5.92 Å². The number of anilines is 1. The minimum Gasteiger partial charge on any atom is -0.480 e. The molecule has 3 nitrogen and oxygen atoms in total. The molecule has 0 amide bonds. The molecule has 0 saturated heterocycles. The topological polar surface area (TPSA) is 49.3 Å². The third-order valence-corrected chi connectivity index (χ3v) is 4.64. The van der Waals surface area contributed by atoms with E-state index in [1.54, 1.807) is 0 Å². The SMILES string of the molecule is CC(Nc1ccc(Br)cc1)(C(=O)O)C1CCCCC1. The van der Waals surface area contributed by atoms with Gasteiger partial charge in [-0.25, -0.2) is 4.79 Å². The first kappa shape index (κ1) is 14.4. The number of rotatable bonds is 4. The van der Waals surface area contributed by atoms with E-state index >= 15 is 0 Å². The van der Waals surface area contributed by atoms with Crippen LogP contribution >= 0.6 is 15.9 Å². The molecule has 0 heterocycles. The van der Waals surface area contributed by atoms with Gasteiger partial charge in [-0.1, -0.05) is 35.2 Å². The maximum absolute atomic E-state index is 11.7. The number of carboxylic acids is 1. The van der Waals surface area contributed by atoms with E-state index in [4.69, 9.17) is 0 Å². The van der Waals surface area contributed by atoms with Crippen LogP contribution in [0.25, 0.3) is 0 Å². The fraction of sp³-hybridized carbons (Fsp3) is 0.533. The molecule has 1 aromatic carbocycles. The Kier molecular flexibility index (Phi) is 4.50. The summed E-state index contributed by atoms with van der Waals surface area (Å²) in [6.07, 6.45) is 5.48. The second-order valence-corrected chi connectivity index (χ2v) is 6.39. The standard InChI is InChI=1S/C15H20BrNO2/c1-15(14(18)19,11-5-3-2-4-6-11)17-13-9-7-12(16)8-10-13/h7-11,17H,2-6H2,1H3,(H,18,19). The van der Waals surface area contributed by atoms with Crippen molar-refractivity contribution in [3.05, 3.63) is 28.7 Å². The molecule has 1 atom stereocenters. The molecule has 2 rings (SSSR count). The lowest BCUT2D eigenvalue weighted by Gasteiger charge is -2.37. The first-order valence-corrected chi connectivity index (χ1v) is 7.59. The second kappa shape index (κ2) is 5.95. The molecule has 0 aromatic heterocycles. The molecular weight excluding hydrogens is 306 g/mol. The van der Waals surface area contributed by atoms with E-state index in [0.717, 1.165) is 35.8 Å². The largest absolute Gasteiger partial charge is 0.480 e. The molecule has 4 heteroatoms. The predicted molar refractivity (Wildman–Crippen MR) is 80.4 cm³/mol. The molecule has 2 N–H and O–H groups in total. The molecule has 0 aliphatic heterocycles. The van der Waals surface area contributed by atoms with Crippen molar-refractivity contribution < 1.29 is 9.90 Å². The average Bonchev–Trinajstić information content (AvgIpc) is 2.42. The van der Waals surface area contributed by atoms with Crippen molar-refractivity contribution in [1.29, 1.82) is 0 Å². The highest BCUT2D eigenvalue weighted by Crippen LogP contribution is 2.35. The Labute approximate surface area is 122 Å². The lowest BCUT2D eigenvalue weighted by Crippen LogP contribution is -2.50. The molecule has 1 saturated carbocycles. The Morgan fingerprint density at radius 3 is 2.37 bits per heavy atom. The van der Waals surface area contributed by atoms with Gasteiger partial charge in [0, 0.05) is 10.2 Å². The minimum atomic E-state index is -0.881. The van der Waals surface area contributed by atoms with Gasteiger partial charge >= 0.3 is 5.97 Å². The quantitative estimate of drug-likeness (QED) is 0.868. The summed E-state index contributed by atoms with van der Waals surface area (Å²) in [4.78, 5) is 11.7. The molecule has 1 aliphatic carbocycles. The summed E-state index contributed by atoms with van der Waals surface area (Å²) < 4.78 is 0.993. The van der Waals surface area contributed by atoms with E-state index in [1.165, 1.54) is 6.42 Å². The highest BCUT2D eigenvalue weighted by atomic mass is 79.9. The van der Waals surface area contributed by atoms with Gasteiger partial charge in [0.15, 0.2) is 0 Å². The van der Waals surface area contributed by atoms with E-state index in [-0.39, 0.29) is 5.92 Å². The van der Waals surface area contributed by atoms with Gasteiger partial charge in [0.25, 0.3) is 0 Å². The van der Waals surface area contributed by atoms with Crippen molar-refractivity contribution in [1.82, 2.24) is 0 Å². The summed E-state index contributed by atoms with van der Waals surface area (Å²) in [5.41, 5.74) is -0.0208. The summed E-state index contributed by atoms with van der Waals surface area (Å²) in [6, 6.07) is 7.67. The number of halogens is 1. The molecule has 0 spiro atoms. The third kappa shape index (κ3) is 3.30. The molecule has 104 valence electrons. The van der Waals surface area contributed by atoms with Crippen LogP contribution in [0.1, 0.15) is 39.0 Å². The summed E-state index contributed by atoms with van der Waals surface area (Å²) in [5, 5.41) is 12.9. The molecule has 0 radical (unpaired) electrons. The van der Waals surface area contributed by atoms with Crippen molar-refractivity contribution in [2.45, 2.75) is 44.6 Å². The first-order valence-electron chi connectivity index (χ1n) is 6.79. The van der Waals surface area contributed by atoms with Crippen molar-refractivity contribution in [2.75, 3.05) is 5.32 Å². The minimum absolute atomic E-state index is 0.197. The smallest absolute Gasteiger partial charge is 0.329 e. The number of carboxylic acid groups (broad SMARTS) is 1. The number of benzene rings is 1. The van der Waals surface area contributed by atoms with Gasteiger partial charge in [-0.2, -0.15) is 0 Å². The van der Waals surface area contributed by atoms with Crippen LogP contribution in [0.2, 0.25) is 0 Å². The number of carbonyl (C=O) groups is 1. The van der Waals surface area contributed by atoms with Gasteiger partial charge in [0.1, 0.15) is 5.54 Å². The van der Waals surface area contributed by atoms with E-state index in [9.17, 15) is 9.90 Å². The highest BCUT2D eigenvalue weighted by molar-refractivity contribution is 9.10. The van der Waals surface area contributed by atoms with Gasteiger partial charge in [0.05, 0.1) is 0 Å². The lowest BCUT2D eigenvalue weighted by atomic mass is 9.75. The van der Waals surface area contributed by atoms with Crippen molar-refractivity contribution in [3.8, 4) is 0 Å². The van der Waals surface area contributed by atoms with Crippen LogP contribution < -0.4 is 5.32 Å². The van der Waals surface area contributed by atoms with Crippen LogP contribution in [0.3, 0.4) is 0 Å². The summed E-state index contributed by atoms with van der Waals surface area (Å²) in [7, 11) is 0. The molecule has 1 unspecified atom stereocenters. The van der Waals surface area contributed by atoms with E-state index in [0.29, 0.717) is 0 Å². The Balaban J connectivity index is 2.18. The number of nitrogens with one attached hydrogen (secondary N) is 1. The Morgan fingerprint density at radius 1 is 1.26 bits per heavy atom. The summed E-state index contributed by atoms with van der Waals surface area (Å²) >= 11 is 3.39. The van der Waals surface area contributed by atoms with Crippen LogP contribution in [0, 0.1) is 5.92 Å². The fourth-order valence-electron chi connectivity index (χ4n) is 2.84. The third-order valence-electron chi connectivity index (χ3n) is 4.11. The lowest BCUT2D eigenvalue weighted by molar-refractivity contribution is -0.144. The Hall–Kier alpha value is -1.03. The van der Waals surface area contributed by atoms with E-state index in [1.807, 2.05) is 31.2 Å². The summed E-state index contributed by atoms with van der Waals surface area (Å²) in [6.45, 7) is 1.81. The van der Waals surface area contributed by atoms with E-state index in [2.05, 4.69) is 21.2 Å². The number of aliphatic carboxylic acids is 1. The first-order chi connectivity index (χ1) is 9.02. The average molecular weight is 326 g/mol. The summed E-state index contributed by atoms with van der Waals surface area (Å²) in [5.74, 6) is -0.565. The zero-order valence-electron chi connectivity index (χ0n) is 11.2. The van der Waals surface area contributed by atoms with Gasteiger partial charge in [-0.15, -0.1) is 0 Å². The molecule has 0 bridgehead atoms. The fourth-order valence-corrected chi connectivity index (χ4v) is 3.11. The van der Waals surface area contributed by atoms with Crippen LogP contribution in [0.5, 0.6) is 0 Å². The van der Waals surface area contributed by atoms with Crippen LogP contribution in [-0.4, -0.2) is 16.6 Å². The normalized spacial score (nSPS) is 19.7. The molecular formula is C15H20BrNO2. The Bertz CT molecular complexity index is 440.